The highest BCUT2D eigenvalue weighted by Crippen LogP contribution is 2.35. The Morgan fingerprint density at radius 1 is 1.11 bits per heavy atom. The van der Waals surface area contributed by atoms with Crippen molar-refractivity contribution in [1.29, 1.82) is 0 Å². The van der Waals surface area contributed by atoms with Crippen LogP contribution >= 0.6 is 15.9 Å². The summed E-state index contributed by atoms with van der Waals surface area (Å²) in [6.45, 7) is 2.19. The molecule has 2 heterocycles. The van der Waals surface area contributed by atoms with Crippen LogP contribution in [0.3, 0.4) is 0 Å². The van der Waals surface area contributed by atoms with E-state index in [1.165, 1.54) is 29.7 Å². The van der Waals surface area contributed by atoms with Gasteiger partial charge in [0.25, 0.3) is 0 Å². The van der Waals surface area contributed by atoms with Crippen molar-refractivity contribution in [2.75, 3.05) is 13.1 Å². The Hall–Kier alpha value is -1.13. The highest BCUT2D eigenvalue weighted by molar-refractivity contribution is 9.10. The first-order chi connectivity index (χ1) is 8.86. The van der Waals surface area contributed by atoms with Crippen molar-refractivity contribution in [2.45, 2.75) is 18.8 Å². The molecule has 4 heteroatoms. The van der Waals surface area contributed by atoms with Crippen molar-refractivity contribution in [3.8, 4) is 11.1 Å². The number of nitrogens with one attached hydrogen (secondary N) is 2. The molecule has 0 atom stereocenters. The lowest BCUT2D eigenvalue weighted by Crippen LogP contribution is -2.27. The fraction of sp³-hybridized carbons (Fsp3) is 0.357. The van der Waals surface area contributed by atoms with Gasteiger partial charge in [-0.05, 0) is 37.6 Å². The number of H-pyrrole nitrogens is 1. The molecule has 0 radical (unpaired) electrons. The molecule has 3 rings (SSSR count). The predicted octanol–water partition coefficient (Wildman–Crippen LogP) is 3.31. The Bertz CT molecular complexity index is 529. The Morgan fingerprint density at radius 3 is 2.67 bits per heavy atom. The number of nitrogens with zero attached hydrogens (tertiary/aromatic N) is 1. The van der Waals surface area contributed by atoms with E-state index in [-0.39, 0.29) is 0 Å². The summed E-state index contributed by atoms with van der Waals surface area (Å²) < 4.78 is 1.13. The molecule has 94 valence electrons. The van der Waals surface area contributed by atoms with Crippen molar-refractivity contribution in [2.24, 2.45) is 0 Å². The van der Waals surface area contributed by atoms with Crippen LogP contribution in [0.15, 0.2) is 34.9 Å². The summed E-state index contributed by atoms with van der Waals surface area (Å²) in [4.78, 5) is 0. The highest BCUT2D eigenvalue weighted by atomic mass is 79.9. The zero-order valence-electron chi connectivity index (χ0n) is 10.1. The van der Waals surface area contributed by atoms with Crippen LogP contribution in [0.4, 0.5) is 0 Å². The summed E-state index contributed by atoms with van der Waals surface area (Å²) >= 11 is 3.62. The molecule has 0 saturated carbocycles. The molecule has 1 aliphatic heterocycles. The van der Waals surface area contributed by atoms with Crippen LogP contribution < -0.4 is 5.32 Å². The Kier molecular flexibility index (Phi) is 3.48. The summed E-state index contributed by atoms with van der Waals surface area (Å²) in [6, 6.07) is 8.32. The molecule has 3 nitrogen and oxygen atoms in total. The minimum absolute atomic E-state index is 0.593. The van der Waals surface area contributed by atoms with Crippen molar-refractivity contribution >= 4 is 15.9 Å². The van der Waals surface area contributed by atoms with E-state index < -0.39 is 0 Å². The van der Waals surface area contributed by atoms with Gasteiger partial charge >= 0.3 is 0 Å². The summed E-state index contributed by atoms with van der Waals surface area (Å²) in [7, 11) is 0. The molecule has 1 aromatic heterocycles. The summed E-state index contributed by atoms with van der Waals surface area (Å²) in [5.74, 6) is 0.593. The van der Waals surface area contributed by atoms with Crippen LogP contribution in [-0.2, 0) is 0 Å². The van der Waals surface area contributed by atoms with Gasteiger partial charge in [0, 0.05) is 21.6 Å². The molecule has 1 fully saturated rings. The standard InChI is InChI=1S/C14H16BrN3/c15-13-4-2-1-3-11(13)12-9-17-18-14(12)10-5-7-16-8-6-10/h1-4,9-10,16H,5-8H2,(H,17,18). The first-order valence-electron chi connectivity index (χ1n) is 6.35. The molecule has 0 amide bonds. The molecule has 2 aromatic rings. The molecule has 18 heavy (non-hydrogen) atoms. The topological polar surface area (TPSA) is 40.7 Å². The lowest BCUT2D eigenvalue weighted by molar-refractivity contribution is 0.453. The summed E-state index contributed by atoms with van der Waals surface area (Å²) in [6.07, 6.45) is 4.30. The molecular weight excluding hydrogens is 290 g/mol. The number of halogens is 1. The zero-order valence-corrected chi connectivity index (χ0v) is 11.7. The minimum atomic E-state index is 0.593. The van der Waals surface area contributed by atoms with Gasteiger partial charge in [-0.2, -0.15) is 5.10 Å². The van der Waals surface area contributed by atoms with Crippen LogP contribution in [0, 0.1) is 0 Å². The molecule has 0 bridgehead atoms. The molecule has 0 unspecified atom stereocenters. The molecule has 1 aromatic carbocycles. The van der Waals surface area contributed by atoms with Gasteiger partial charge in [-0.25, -0.2) is 0 Å². The van der Waals surface area contributed by atoms with E-state index in [9.17, 15) is 0 Å². The van der Waals surface area contributed by atoms with E-state index in [1.54, 1.807) is 0 Å². The number of aromatic amines is 1. The maximum absolute atomic E-state index is 4.25. The number of hydrogen-bond donors (Lipinski definition) is 2. The van der Waals surface area contributed by atoms with Gasteiger partial charge in [-0.3, -0.25) is 5.10 Å². The predicted molar refractivity (Wildman–Crippen MR) is 76.6 cm³/mol. The van der Waals surface area contributed by atoms with E-state index >= 15 is 0 Å². The number of aromatic nitrogens is 2. The van der Waals surface area contributed by atoms with Crippen molar-refractivity contribution in [3.05, 3.63) is 40.6 Å². The van der Waals surface area contributed by atoms with E-state index in [0.717, 1.165) is 17.6 Å². The van der Waals surface area contributed by atoms with E-state index in [1.807, 2.05) is 12.3 Å². The van der Waals surface area contributed by atoms with Crippen LogP contribution in [0.2, 0.25) is 0 Å². The average molecular weight is 306 g/mol. The molecule has 0 aliphatic carbocycles. The Labute approximate surface area is 115 Å². The van der Waals surface area contributed by atoms with Gasteiger partial charge in [0.15, 0.2) is 0 Å². The molecule has 2 N–H and O–H groups in total. The van der Waals surface area contributed by atoms with Gasteiger partial charge in [0.1, 0.15) is 0 Å². The van der Waals surface area contributed by atoms with Crippen LogP contribution in [0.25, 0.3) is 11.1 Å². The normalized spacial score (nSPS) is 16.9. The third-order valence-corrected chi connectivity index (χ3v) is 4.27. The molecule has 0 spiro atoms. The van der Waals surface area contributed by atoms with Gasteiger partial charge in [0.2, 0.25) is 0 Å². The fourth-order valence-electron chi connectivity index (χ4n) is 2.61. The third-order valence-electron chi connectivity index (χ3n) is 3.58. The lowest BCUT2D eigenvalue weighted by atomic mass is 9.90. The van der Waals surface area contributed by atoms with Gasteiger partial charge in [0.05, 0.1) is 6.20 Å². The molecule has 1 aliphatic rings. The summed E-state index contributed by atoms with van der Waals surface area (Å²) in [5, 5.41) is 10.9. The van der Waals surface area contributed by atoms with Gasteiger partial charge in [-0.15, -0.1) is 0 Å². The Morgan fingerprint density at radius 2 is 1.89 bits per heavy atom. The highest BCUT2D eigenvalue weighted by Gasteiger charge is 2.21. The molecule has 1 saturated heterocycles. The van der Waals surface area contributed by atoms with Crippen molar-refractivity contribution in [1.82, 2.24) is 15.5 Å². The van der Waals surface area contributed by atoms with Crippen LogP contribution in [0.1, 0.15) is 24.5 Å². The fourth-order valence-corrected chi connectivity index (χ4v) is 3.11. The van der Waals surface area contributed by atoms with Crippen molar-refractivity contribution in [3.63, 3.8) is 0 Å². The van der Waals surface area contributed by atoms with Crippen LogP contribution in [-0.4, -0.2) is 23.3 Å². The third kappa shape index (κ3) is 2.22. The van der Waals surface area contributed by atoms with E-state index in [4.69, 9.17) is 0 Å². The second kappa shape index (κ2) is 5.24. The Balaban J connectivity index is 1.98. The molecular formula is C14H16BrN3. The second-order valence-electron chi connectivity index (χ2n) is 4.70. The largest absolute Gasteiger partial charge is 0.317 e. The maximum atomic E-state index is 4.25. The number of piperidine rings is 1. The zero-order chi connectivity index (χ0) is 12.4. The van der Waals surface area contributed by atoms with Gasteiger partial charge in [-0.1, -0.05) is 34.1 Å². The minimum Gasteiger partial charge on any atom is -0.317 e. The maximum Gasteiger partial charge on any atom is 0.0569 e. The quantitative estimate of drug-likeness (QED) is 0.894. The first kappa shape index (κ1) is 11.9. The smallest absolute Gasteiger partial charge is 0.0569 e. The first-order valence-corrected chi connectivity index (χ1v) is 7.14. The number of rotatable bonds is 2. The van der Waals surface area contributed by atoms with Gasteiger partial charge < -0.3 is 5.32 Å². The van der Waals surface area contributed by atoms with E-state index in [0.29, 0.717) is 5.92 Å². The average Bonchev–Trinajstić information content (AvgIpc) is 2.89. The van der Waals surface area contributed by atoms with Crippen LogP contribution in [0.5, 0.6) is 0 Å². The summed E-state index contributed by atoms with van der Waals surface area (Å²) in [5.41, 5.74) is 3.73. The number of hydrogen-bond acceptors (Lipinski definition) is 2. The monoisotopic (exact) mass is 305 g/mol. The SMILES string of the molecule is Brc1ccccc1-c1cn[nH]c1C1CCNCC1. The lowest BCUT2D eigenvalue weighted by Gasteiger charge is -2.22. The van der Waals surface area contributed by atoms with Crippen molar-refractivity contribution < 1.29 is 0 Å². The number of benzene rings is 1. The van der Waals surface area contributed by atoms with E-state index in [2.05, 4.69) is 49.6 Å². The second-order valence-corrected chi connectivity index (χ2v) is 5.56.